The molecule has 0 amide bonds. The zero-order chi connectivity index (χ0) is 10.8. The van der Waals surface area contributed by atoms with Crippen molar-refractivity contribution in [2.45, 2.75) is 13.0 Å². The predicted molar refractivity (Wildman–Crippen MR) is 66.1 cm³/mol. The number of piperazine rings is 1. The zero-order valence-corrected chi connectivity index (χ0v) is 10.1. The maximum absolute atomic E-state index is 6.01. The van der Waals surface area contributed by atoms with Crippen LogP contribution in [0.25, 0.3) is 0 Å². The van der Waals surface area contributed by atoms with E-state index in [1.807, 2.05) is 18.2 Å². The van der Waals surface area contributed by atoms with Crippen LogP contribution in [0.4, 0.5) is 5.69 Å². The van der Waals surface area contributed by atoms with Crippen molar-refractivity contribution >= 4 is 28.9 Å². The van der Waals surface area contributed by atoms with Gasteiger partial charge in [-0.1, -0.05) is 23.2 Å². The first-order chi connectivity index (χ1) is 7.18. The van der Waals surface area contributed by atoms with Gasteiger partial charge >= 0.3 is 0 Å². The van der Waals surface area contributed by atoms with Crippen LogP contribution in [0.2, 0.25) is 10.0 Å². The van der Waals surface area contributed by atoms with Gasteiger partial charge in [0.1, 0.15) is 0 Å². The standard InChI is InChI=1S/C11H14Cl2N2/c1-8-7-14-4-5-15(8)9-2-3-10(12)11(13)6-9/h2-3,6,8,14H,4-5,7H2,1H3/t8-/m1/s1. The van der Waals surface area contributed by atoms with Crippen molar-refractivity contribution in [1.29, 1.82) is 0 Å². The summed E-state index contributed by atoms with van der Waals surface area (Å²) in [6.45, 7) is 5.25. The number of anilines is 1. The summed E-state index contributed by atoms with van der Waals surface area (Å²) in [7, 11) is 0. The first-order valence-electron chi connectivity index (χ1n) is 5.11. The van der Waals surface area contributed by atoms with Crippen LogP contribution in [-0.4, -0.2) is 25.7 Å². The molecule has 0 bridgehead atoms. The molecule has 1 fully saturated rings. The molecule has 1 aliphatic heterocycles. The molecule has 0 spiro atoms. The van der Waals surface area contributed by atoms with E-state index in [2.05, 4.69) is 17.1 Å². The van der Waals surface area contributed by atoms with E-state index in [1.165, 1.54) is 0 Å². The van der Waals surface area contributed by atoms with Crippen molar-refractivity contribution in [2.75, 3.05) is 24.5 Å². The highest BCUT2D eigenvalue weighted by atomic mass is 35.5. The Labute approximate surface area is 100 Å². The molecule has 1 N–H and O–H groups in total. The fraction of sp³-hybridized carbons (Fsp3) is 0.455. The third kappa shape index (κ3) is 2.39. The summed E-state index contributed by atoms with van der Waals surface area (Å²) in [6, 6.07) is 6.31. The fourth-order valence-electron chi connectivity index (χ4n) is 1.89. The maximum atomic E-state index is 6.01. The summed E-state index contributed by atoms with van der Waals surface area (Å²) in [5, 5.41) is 4.60. The first-order valence-corrected chi connectivity index (χ1v) is 5.86. The van der Waals surface area contributed by atoms with Gasteiger partial charge in [-0.25, -0.2) is 0 Å². The highest BCUT2D eigenvalue weighted by Gasteiger charge is 2.18. The molecule has 1 atom stereocenters. The van der Waals surface area contributed by atoms with Gasteiger partial charge in [-0.3, -0.25) is 0 Å². The van der Waals surface area contributed by atoms with Crippen LogP contribution in [0.3, 0.4) is 0 Å². The van der Waals surface area contributed by atoms with Crippen molar-refractivity contribution in [3.63, 3.8) is 0 Å². The summed E-state index contributed by atoms with van der Waals surface area (Å²) < 4.78 is 0. The number of rotatable bonds is 1. The van der Waals surface area contributed by atoms with E-state index < -0.39 is 0 Å². The second-order valence-electron chi connectivity index (χ2n) is 3.84. The maximum Gasteiger partial charge on any atom is 0.0612 e. The number of benzene rings is 1. The Kier molecular flexibility index (Phi) is 3.39. The third-order valence-corrected chi connectivity index (χ3v) is 3.48. The number of hydrogen-bond acceptors (Lipinski definition) is 2. The van der Waals surface area contributed by atoms with Crippen LogP contribution in [0.1, 0.15) is 6.92 Å². The number of nitrogens with zero attached hydrogens (tertiary/aromatic N) is 1. The highest BCUT2D eigenvalue weighted by Crippen LogP contribution is 2.28. The van der Waals surface area contributed by atoms with Crippen molar-refractivity contribution in [3.8, 4) is 0 Å². The van der Waals surface area contributed by atoms with Gasteiger partial charge in [-0.2, -0.15) is 0 Å². The molecule has 0 radical (unpaired) electrons. The van der Waals surface area contributed by atoms with Gasteiger partial charge in [0.25, 0.3) is 0 Å². The van der Waals surface area contributed by atoms with Gasteiger partial charge < -0.3 is 10.2 Å². The Bertz CT molecular complexity index is 354. The Morgan fingerprint density at radius 2 is 2.13 bits per heavy atom. The number of hydrogen-bond donors (Lipinski definition) is 1. The Morgan fingerprint density at radius 3 is 2.80 bits per heavy atom. The minimum Gasteiger partial charge on any atom is -0.366 e. The average molecular weight is 245 g/mol. The lowest BCUT2D eigenvalue weighted by Crippen LogP contribution is -2.49. The van der Waals surface area contributed by atoms with Gasteiger partial charge in [-0.15, -0.1) is 0 Å². The third-order valence-electron chi connectivity index (χ3n) is 2.74. The summed E-state index contributed by atoms with van der Waals surface area (Å²) in [4.78, 5) is 2.35. The normalized spacial score (nSPS) is 21.8. The van der Waals surface area contributed by atoms with E-state index >= 15 is 0 Å². The molecule has 1 aliphatic rings. The second kappa shape index (κ2) is 4.60. The van der Waals surface area contributed by atoms with Gasteiger partial charge in [0, 0.05) is 31.4 Å². The largest absolute Gasteiger partial charge is 0.366 e. The predicted octanol–water partition coefficient (Wildman–Crippen LogP) is 2.79. The smallest absolute Gasteiger partial charge is 0.0612 e. The van der Waals surface area contributed by atoms with Crippen LogP contribution >= 0.6 is 23.2 Å². The van der Waals surface area contributed by atoms with Crippen molar-refractivity contribution in [2.24, 2.45) is 0 Å². The SMILES string of the molecule is C[C@@H]1CNCCN1c1ccc(Cl)c(Cl)c1. The van der Waals surface area contributed by atoms with Crippen molar-refractivity contribution in [1.82, 2.24) is 5.32 Å². The van der Waals surface area contributed by atoms with Crippen LogP contribution < -0.4 is 10.2 Å². The lowest BCUT2D eigenvalue weighted by atomic mass is 10.2. The molecule has 1 saturated heterocycles. The van der Waals surface area contributed by atoms with E-state index in [0.717, 1.165) is 25.3 Å². The van der Waals surface area contributed by atoms with Crippen LogP contribution in [0.15, 0.2) is 18.2 Å². The molecule has 4 heteroatoms. The molecular formula is C11H14Cl2N2. The van der Waals surface area contributed by atoms with Crippen molar-refractivity contribution in [3.05, 3.63) is 28.2 Å². The number of halogens is 2. The van der Waals surface area contributed by atoms with Gasteiger partial charge in [0.15, 0.2) is 0 Å². The molecule has 0 aromatic heterocycles. The zero-order valence-electron chi connectivity index (χ0n) is 8.63. The van der Waals surface area contributed by atoms with Crippen LogP contribution in [0, 0.1) is 0 Å². The Hall–Kier alpha value is -0.440. The lowest BCUT2D eigenvalue weighted by Gasteiger charge is -2.36. The second-order valence-corrected chi connectivity index (χ2v) is 4.66. The molecule has 2 rings (SSSR count). The average Bonchev–Trinajstić information content (AvgIpc) is 2.23. The highest BCUT2D eigenvalue weighted by molar-refractivity contribution is 6.42. The quantitative estimate of drug-likeness (QED) is 0.818. The molecular weight excluding hydrogens is 231 g/mol. The van der Waals surface area contributed by atoms with Gasteiger partial charge in [0.2, 0.25) is 0 Å². The molecule has 0 saturated carbocycles. The minimum atomic E-state index is 0.496. The van der Waals surface area contributed by atoms with E-state index in [4.69, 9.17) is 23.2 Å². The van der Waals surface area contributed by atoms with E-state index in [1.54, 1.807) is 0 Å². The van der Waals surface area contributed by atoms with Crippen LogP contribution in [-0.2, 0) is 0 Å². The molecule has 0 unspecified atom stereocenters. The first kappa shape index (κ1) is 11.1. The Balaban J connectivity index is 2.24. The molecule has 15 heavy (non-hydrogen) atoms. The molecule has 2 nitrogen and oxygen atoms in total. The molecule has 1 aromatic carbocycles. The van der Waals surface area contributed by atoms with Gasteiger partial charge in [-0.05, 0) is 25.1 Å². The van der Waals surface area contributed by atoms with E-state index in [0.29, 0.717) is 16.1 Å². The topological polar surface area (TPSA) is 15.3 Å². The molecule has 0 aliphatic carbocycles. The summed E-state index contributed by atoms with van der Waals surface area (Å²) in [5.41, 5.74) is 1.15. The lowest BCUT2D eigenvalue weighted by molar-refractivity contribution is 0.501. The minimum absolute atomic E-state index is 0.496. The monoisotopic (exact) mass is 244 g/mol. The summed E-state index contributed by atoms with van der Waals surface area (Å²) in [5.74, 6) is 0. The molecule has 1 heterocycles. The van der Waals surface area contributed by atoms with E-state index in [9.17, 15) is 0 Å². The van der Waals surface area contributed by atoms with Crippen molar-refractivity contribution < 1.29 is 0 Å². The summed E-state index contributed by atoms with van der Waals surface area (Å²) >= 11 is 11.9. The van der Waals surface area contributed by atoms with E-state index in [-0.39, 0.29) is 0 Å². The van der Waals surface area contributed by atoms with Crippen LogP contribution in [0.5, 0.6) is 0 Å². The number of nitrogens with one attached hydrogen (secondary N) is 1. The fourth-order valence-corrected chi connectivity index (χ4v) is 2.18. The molecule has 1 aromatic rings. The summed E-state index contributed by atoms with van der Waals surface area (Å²) in [6.07, 6.45) is 0. The Morgan fingerprint density at radius 1 is 1.33 bits per heavy atom. The van der Waals surface area contributed by atoms with Gasteiger partial charge in [0.05, 0.1) is 10.0 Å². The molecule has 82 valence electrons.